The van der Waals surface area contributed by atoms with Crippen molar-refractivity contribution in [3.8, 4) is 17.0 Å². The Kier molecular flexibility index (Phi) is 4.46. The first kappa shape index (κ1) is 16.4. The smallest absolute Gasteiger partial charge is 0.143 e. The highest BCUT2D eigenvalue weighted by molar-refractivity contribution is 6.30. The summed E-state index contributed by atoms with van der Waals surface area (Å²) >= 11 is 6.05. The number of H-pyrrole nitrogens is 1. The molecule has 2 heterocycles. The number of nitrogens with zero attached hydrogens (tertiary/aromatic N) is 2. The number of halogens is 1. The second kappa shape index (κ2) is 7.06. The lowest BCUT2D eigenvalue weighted by Crippen LogP contribution is -2.01. The topological polar surface area (TPSA) is 62.8 Å². The predicted molar refractivity (Wildman–Crippen MR) is 105 cm³/mol. The van der Waals surface area contributed by atoms with Gasteiger partial charge in [0.1, 0.15) is 23.5 Å². The molecule has 2 aromatic carbocycles. The van der Waals surface area contributed by atoms with E-state index in [0.717, 1.165) is 44.4 Å². The second-order valence-electron chi connectivity index (χ2n) is 5.88. The molecule has 0 aliphatic heterocycles. The quantitative estimate of drug-likeness (QED) is 0.528. The fourth-order valence-electron chi connectivity index (χ4n) is 2.86. The van der Waals surface area contributed by atoms with Gasteiger partial charge in [-0.2, -0.15) is 0 Å². The number of aromatic amines is 1. The number of hydrogen-bond donors (Lipinski definition) is 2. The zero-order valence-corrected chi connectivity index (χ0v) is 14.9. The van der Waals surface area contributed by atoms with Crippen molar-refractivity contribution in [2.75, 3.05) is 12.4 Å². The molecule has 2 aromatic heterocycles. The van der Waals surface area contributed by atoms with E-state index in [1.807, 2.05) is 54.6 Å². The Labute approximate surface area is 156 Å². The molecule has 6 heteroatoms. The molecule has 4 aromatic rings. The third-order valence-corrected chi connectivity index (χ3v) is 4.39. The SMILES string of the molecule is COc1cccc(-c2cc3c(NCc4cccc(Cl)c4)ncnc3[nH]2)c1. The summed E-state index contributed by atoms with van der Waals surface area (Å²) in [7, 11) is 1.66. The molecule has 130 valence electrons. The van der Waals surface area contributed by atoms with Gasteiger partial charge in [0.2, 0.25) is 0 Å². The summed E-state index contributed by atoms with van der Waals surface area (Å²) in [6, 6.07) is 17.7. The number of benzene rings is 2. The summed E-state index contributed by atoms with van der Waals surface area (Å²) in [4.78, 5) is 12.1. The summed E-state index contributed by atoms with van der Waals surface area (Å²) in [5, 5.41) is 5.02. The lowest BCUT2D eigenvalue weighted by atomic mass is 10.1. The first-order valence-electron chi connectivity index (χ1n) is 8.19. The van der Waals surface area contributed by atoms with Gasteiger partial charge < -0.3 is 15.0 Å². The number of ether oxygens (including phenoxy) is 1. The van der Waals surface area contributed by atoms with Crippen molar-refractivity contribution in [3.05, 3.63) is 71.5 Å². The van der Waals surface area contributed by atoms with E-state index in [2.05, 4.69) is 20.3 Å². The van der Waals surface area contributed by atoms with Crippen LogP contribution in [0.1, 0.15) is 5.56 Å². The summed E-state index contributed by atoms with van der Waals surface area (Å²) < 4.78 is 5.31. The van der Waals surface area contributed by atoms with Gasteiger partial charge in [0.25, 0.3) is 0 Å². The predicted octanol–water partition coefficient (Wildman–Crippen LogP) is 4.90. The fourth-order valence-corrected chi connectivity index (χ4v) is 3.07. The minimum Gasteiger partial charge on any atom is -0.497 e. The molecular weight excluding hydrogens is 348 g/mol. The first-order chi connectivity index (χ1) is 12.7. The normalized spacial score (nSPS) is 10.8. The number of nitrogens with one attached hydrogen (secondary N) is 2. The van der Waals surface area contributed by atoms with Crippen molar-refractivity contribution >= 4 is 28.5 Å². The average Bonchev–Trinajstić information content (AvgIpc) is 3.11. The van der Waals surface area contributed by atoms with Crippen LogP contribution in [0, 0.1) is 0 Å². The van der Waals surface area contributed by atoms with Gasteiger partial charge in [-0.1, -0.05) is 35.9 Å². The molecule has 0 spiro atoms. The van der Waals surface area contributed by atoms with Crippen LogP contribution in [0.25, 0.3) is 22.3 Å². The second-order valence-corrected chi connectivity index (χ2v) is 6.32. The Morgan fingerprint density at radius 3 is 2.81 bits per heavy atom. The number of anilines is 1. The number of methoxy groups -OCH3 is 1. The van der Waals surface area contributed by atoms with Gasteiger partial charge in [0, 0.05) is 22.8 Å². The van der Waals surface area contributed by atoms with Gasteiger partial charge in [-0.15, -0.1) is 0 Å². The molecule has 0 aliphatic rings. The Morgan fingerprint density at radius 2 is 1.96 bits per heavy atom. The van der Waals surface area contributed by atoms with Gasteiger partial charge in [0.05, 0.1) is 12.5 Å². The maximum atomic E-state index is 6.05. The highest BCUT2D eigenvalue weighted by atomic mass is 35.5. The Hall–Kier alpha value is -3.05. The third-order valence-electron chi connectivity index (χ3n) is 4.16. The van der Waals surface area contributed by atoms with Crippen LogP contribution in [0.15, 0.2) is 60.9 Å². The Balaban J connectivity index is 1.65. The van der Waals surface area contributed by atoms with Crippen molar-refractivity contribution in [1.29, 1.82) is 0 Å². The zero-order chi connectivity index (χ0) is 17.9. The lowest BCUT2D eigenvalue weighted by Gasteiger charge is -2.06. The zero-order valence-electron chi connectivity index (χ0n) is 14.2. The van der Waals surface area contributed by atoms with Crippen molar-refractivity contribution in [2.24, 2.45) is 0 Å². The average molecular weight is 365 g/mol. The molecular formula is C20H17ClN4O. The molecule has 0 saturated heterocycles. The Bertz CT molecular complexity index is 1060. The lowest BCUT2D eigenvalue weighted by molar-refractivity contribution is 0.415. The van der Waals surface area contributed by atoms with Gasteiger partial charge in [-0.05, 0) is 35.9 Å². The molecule has 0 bridgehead atoms. The molecule has 0 aliphatic carbocycles. The third kappa shape index (κ3) is 3.34. The molecule has 26 heavy (non-hydrogen) atoms. The maximum absolute atomic E-state index is 6.05. The van der Waals surface area contributed by atoms with Gasteiger partial charge >= 0.3 is 0 Å². The highest BCUT2D eigenvalue weighted by Crippen LogP contribution is 2.29. The standard InChI is InChI=1S/C20H17ClN4O/c1-26-16-7-3-5-14(9-16)18-10-17-19(23-12-24-20(17)25-18)22-11-13-4-2-6-15(21)8-13/h2-10,12H,11H2,1H3,(H2,22,23,24,25). The van der Waals surface area contributed by atoms with Crippen molar-refractivity contribution in [2.45, 2.75) is 6.54 Å². The van der Waals surface area contributed by atoms with E-state index >= 15 is 0 Å². The molecule has 2 N–H and O–H groups in total. The fraction of sp³-hybridized carbons (Fsp3) is 0.100. The van der Waals surface area contributed by atoms with Crippen LogP contribution in [-0.2, 0) is 6.54 Å². The molecule has 5 nitrogen and oxygen atoms in total. The first-order valence-corrected chi connectivity index (χ1v) is 8.57. The maximum Gasteiger partial charge on any atom is 0.143 e. The van der Waals surface area contributed by atoms with E-state index in [9.17, 15) is 0 Å². The summed E-state index contributed by atoms with van der Waals surface area (Å²) in [6.45, 7) is 0.631. The molecule has 0 saturated carbocycles. The van der Waals surface area contributed by atoms with Gasteiger partial charge in [-0.3, -0.25) is 0 Å². The summed E-state index contributed by atoms with van der Waals surface area (Å²) in [5.41, 5.74) is 3.87. The number of aromatic nitrogens is 3. The summed E-state index contributed by atoms with van der Waals surface area (Å²) in [6.07, 6.45) is 1.55. The van der Waals surface area contributed by atoms with Crippen LogP contribution in [0.4, 0.5) is 5.82 Å². The monoisotopic (exact) mass is 364 g/mol. The van der Waals surface area contributed by atoms with Crippen molar-refractivity contribution in [3.63, 3.8) is 0 Å². The minimum absolute atomic E-state index is 0.631. The van der Waals surface area contributed by atoms with Gasteiger partial charge in [-0.25, -0.2) is 9.97 Å². The molecule has 0 amide bonds. The summed E-state index contributed by atoms with van der Waals surface area (Å²) in [5.74, 6) is 1.59. The van der Waals surface area contributed by atoms with Crippen LogP contribution in [0.5, 0.6) is 5.75 Å². The Morgan fingerprint density at radius 1 is 1.08 bits per heavy atom. The van der Waals surface area contributed by atoms with Crippen LogP contribution in [-0.4, -0.2) is 22.1 Å². The molecule has 0 fully saturated rings. The number of fused-ring (bicyclic) bond motifs is 1. The molecule has 0 unspecified atom stereocenters. The van der Waals surface area contributed by atoms with E-state index in [1.165, 1.54) is 0 Å². The molecule has 0 radical (unpaired) electrons. The van der Waals surface area contributed by atoms with Gasteiger partial charge in [0.15, 0.2) is 0 Å². The number of rotatable bonds is 5. The van der Waals surface area contributed by atoms with Crippen molar-refractivity contribution < 1.29 is 4.74 Å². The molecule has 0 atom stereocenters. The van der Waals surface area contributed by atoms with Crippen LogP contribution in [0.3, 0.4) is 0 Å². The van der Waals surface area contributed by atoms with E-state index in [1.54, 1.807) is 13.4 Å². The van der Waals surface area contributed by atoms with E-state index < -0.39 is 0 Å². The van der Waals surface area contributed by atoms with E-state index in [4.69, 9.17) is 16.3 Å². The van der Waals surface area contributed by atoms with Crippen LogP contribution in [0.2, 0.25) is 5.02 Å². The van der Waals surface area contributed by atoms with Crippen LogP contribution < -0.4 is 10.1 Å². The van der Waals surface area contributed by atoms with Crippen LogP contribution >= 0.6 is 11.6 Å². The minimum atomic E-state index is 0.631. The number of hydrogen-bond acceptors (Lipinski definition) is 4. The highest BCUT2D eigenvalue weighted by Gasteiger charge is 2.10. The van der Waals surface area contributed by atoms with E-state index in [-0.39, 0.29) is 0 Å². The van der Waals surface area contributed by atoms with Crippen molar-refractivity contribution in [1.82, 2.24) is 15.0 Å². The largest absolute Gasteiger partial charge is 0.497 e. The molecule has 4 rings (SSSR count). The van der Waals surface area contributed by atoms with E-state index in [0.29, 0.717) is 6.54 Å².